The third kappa shape index (κ3) is 3.66. The van der Waals surface area contributed by atoms with Crippen LogP contribution in [0.1, 0.15) is 31.7 Å². The molecule has 0 aliphatic heterocycles. The molecule has 0 spiro atoms. The maximum Gasteiger partial charge on any atom is 0.326 e. The number of hydrogen-bond acceptors (Lipinski definition) is 3. The van der Waals surface area contributed by atoms with Crippen molar-refractivity contribution >= 4 is 50.2 Å². The third-order valence-electron chi connectivity index (χ3n) is 5.13. The van der Waals surface area contributed by atoms with Gasteiger partial charge in [-0.3, -0.25) is 9.36 Å². The van der Waals surface area contributed by atoms with E-state index < -0.39 is 0 Å². The maximum atomic E-state index is 12.5. The van der Waals surface area contributed by atoms with E-state index in [9.17, 15) is 9.59 Å². The summed E-state index contributed by atoms with van der Waals surface area (Å²) in [4.78, 5) is 31.9. The van der Waals surface area contributed by atoms with Gasteiger partial charge in [0.2, 0.25) is 5.91 Å². The summed E-state index contributed by atoms with van der Waals surface area (Å²) in [7, 11) is 0. The van der Waals surface area contributed by atoms with Crippen LogP contribution in [0.15, 0.2) is 45.8 Å². The number of halogens is 2. The lowest BCUT2D eigenvalue weighted by atomic mass is 9.85. The van der Waals surface area contributed by atoms with Crippen molar-refractivity contribution < 1.29 is 4.79 Å². The van der Waals surface area contributed by atoms with Gasteiger partial charge in [-0.2, -0.15) is 0 Å². The zero-order valence-electron chi connectivity index (χ0n) is 14.4. The largest absolute Gasteiger partial charge is 0.326 e. The predicted molar refractivity (Wildman–Crippen MR) is 109 cm³/mol. The quantitative estimate of drug-likeness (QED) is 0.577. The van der Waals surface area contributed by atoms with Crippen LogP contribution in [-0.2, 0) is 4.79 Å². The molecule has 3 aromatic rings. The number of carbonyl (C=O) groups excluding carboxylic acids is 1. The number of amides is 1. The number of rotatable bonds is 3. The average Bonchev–Trinajstić information content (AvgIpc) is 3.01. The molecule has 1 saturated carbocycles. The Balaban J connectivity index is 1.45. The number of nitrogens with one attached hydrogen (secondary N) is 2. The molecule has 0 radical (unpaired) electrons. The van der Waals surface area contributed by atoms with Crippen molar-refractivity contribution in [2.75, 3.05) is 5.32 Å². The molecule has 8 heteroatoms. The topological polar surface area (TPSA) is 79.8 Å². The molecule has 1 aliphatic rings. The van der Waals surface area contributed by atoms with Gasteiger partial charge in [0, 0.05) is 16.4 Å². The Kier molecular flexibility index (Phi) is 5.06. The molecule has 0 atom stereocenters. The van der Waals surface area contributed by atoms with E-state index in [1.807, 2.05) is 22.8 Å². The SMILES string of the molecule is O=c1[nH]c2c(Br)cccc2n1[C@H]1CC[C@@H](C(=O)Nc2ccc(Cl)nc2)CC1. The number of aromatic nitrogens is 3. The molecule has 1 fully saturated rings. The van der Waals surface area contributed by atoms with Crippen molar-refractivity contribution in [2.24, 2.45) is 5.92 Å². The minimum atomic E-state index is -0.1000. The molecule has 2 aromatic heterocycles. The highest BCUT2D eigenvalue weighted by atomic mass is 79.9. The van der Waals surface area contributed by atoms with Crippen molar-refractivity contribution in [3.63, 3.8) is 0 Å². The van der Waals surface area contributed by atoms with Gasteiger partial charge in [0.05, 0.1) is 22.9 Å². The lowest BCUT2D eigenvalue weighted by Gasteiger charge is -2.28. The van der Waals surface area contributed by atoms with Gasteiger partial charge in [-0.15, -0.1) is 0 Å². The fourth-order valence-electron chi connectivity index (χ4n) is 3.77. The highest BCUT2D eigenvalue weighted by molar-refractivity contribution is 9.10. The van der Waals surface area contributed by atoms with Crippen molar-refractivity contribution in [3.8, 4) is 0 Å². The standard InChI is InChI=1S/C19H18BrClN4O2/c20-14-2-1-3-15-17(14)24-19(27)25(15)13-7-4-11(5-8-13)18(26)23-12-6-9-16(21)22-10-12/h1-3,6,9-11,13H,4-5,7-8H2,(H,23,26)(H,24,27)/t11-,13+. The third-order valence-corrected chi connectivity index (χ3v) is 6.01. The summed E-state index contributed by atoms with van der Waals surface area (Å²) in [5.74, 6) is -0.0730. The zero-order chi connectivity index (χ0) is 19.0. The van der Waals surface area contributed by atoms with E-state index in [1.165, 1.54) is 0 Å². The molecule has 1 aliphatic carbocycles. The second-order valence-electron chi connectivity index (χ2n) is 6.80. The molecule has 27 heavy (non-hydrogen) atoms. The lowest BCUT2D eigenvalue weighted by Crippen LogP contribution is -2.31. The maximum absolute atomic E-state index is 12.5. The summed E-state index contributed by atoms with van der Waals surface area (Å²) in [6, 6.07) is 9.27. The first-order valence-electron chi connectivity index (χ1n) is 8.84. The van der Waals surface area contributed by atoms with Gasteiger partial charge in [-0.05, 0) is 65.9 Å². The number of para-hydroxylation sites is 1. The second kappa shape index (κ2) is 7.48. The molecule has 0 saturated heterocycles. The van der Waals surface area contributed by atoms with E-state index in [1.54, 1.807) is 18.3 Å². The van der Waals surface area contributed by atoms with Crippen LogP contribution in [-0.4, -0.2) is 20.4 Å². The number of carbonyl (C=O) groups is 1. The number of fused-ring (bicyclic) bond motifs is 1. The summed E-state index contributed by atoms with van der Waals surface area (Å²) < 4.78 is 2.71. The van der Waals surface area contributed by atoms with Crippen LogP contribution in [0.4, 0.5) is 5.69 Å². The number of nitrogens with zero attached hydrogens (tertiary/aromatic N) is 2. The normalized spacial score (nSPS) is 19.9. The summed E-state index contributed by atoms with van der Waals surface area (Å²) in [5.41, 5.74) is 2.26. The summed E-state index contributed by atoms with van der Waals surface area (Å²) in [5, 5.41) is 3.29. The summed E-state index contributed by atoms with van der Waals surface area (Å²) in [6.45, 7) is 0. The molecule has 0 unspecified atom stereocenters. The number of aromatic amines is 1. The summed E-state index contributed by atoms with van der Waals surface area (Å²) in [6.07, 6.45) is 4.61. The number of anilines is 1. The predicted octanol–water partition coefficient (Wildman–Crippen LogP) is 4.51. The highest BCUT2D eigenvalue weighted by Crippen LogP contribution is 2.34. The second-order valence-corrected chi connectivity index (χ2v) is 8.04. The van der Waals surface area contributed by atoms with Gasteiger partial charge in [-0.1, -0.05) is 17.7 Å². The minimum Gasteiger partial charge on any atom is -0.324 e. The van der Waals surface area contributed by atoms with E-state index in [2.05, 4.69) is 31.2 Å². The fourth-order valence-corrected chi connectivity index (χ4v) is 4.33. The number of H-pyrrole nitrogens is 1. The minimum absolute atomic E-state index is 0.00779. The number of imidazole rings is 1. The Morgan fingerprint density at radius 2 is 2.00 bits per heavy atom. The summed E-state index contributed by atoms with van der Waals surface area (Å²) >= 11 is 9.25. The molecule has 2 N–H and O–H groups in total. The molecule has 1 aromatic carbocycles. The smallest absolute Gasteiger partial charge is 0.324 e. The molecule has 0 bridgehead atoms. The van der Waals surface area contributed by atoms with Crippen LogP contribution in [0.2, 0.25) is 5.15 Å². The zero-order valence-corrected chi connectivity index (χ0v) is 16.8. The van der Waals surface area contributed by atoms with Gasteiger partial charge in [0.1, 0.15) is 5.15 Å². The highest BCUT2D eigenvalue weighted by Gasteiger charge is 2.29. The molecule has 140 valence electrons. The van der Waals surface area contributed by atoms with Gasteiger partial charge in [0.25, 0.3) is 0 Å². The van der Waals surface area contributed by atoms with Gasteiger partial charge >= 0.3 is 5.69 Å². The monoisotopic (exact) mass is 448 g/mol. The Morgan fingerprint density at radius 3 is 2.70 bits per heavy atom. The van der Waals surface area contributed by atoms with Crippen LogP contribution < -0.4 is 11.0 Å². The average molecular weight is 450 g/mol. The number of pyridine rings is 1. The first-order chi connectivity index (χ1) is 13.0. The van der Waals surface area contributed by atoms with Crippen molar-refractivity contribution in [1.82, 2.24) is 14.5 Å². The van der Waals surface area contributed by atoms with Crippen LogP contribution >= 0.6 is 27.5 Å². The van der Waals surface area contributed by atoms with Crippen molar-refractivity contribution in [3.05, 3.63) is 56.6 Å². The number of benzene rings is 1. The van der Waals surface area contributed by atoms with Crippen LogP contribution in [0, 0.1) is 5.92 Å². The van der Waals surface area contributed by atoms with Crippen LogP contribution in [0.3, 0.4) is 0 Å². The molecular weight excluding hydrogens is 432 g/mol. The van der Waals surface area contributed by atoms with Gasteiger partial charge in [-0.25, -0.2) is 9.78 Å². The fraction of sp³-hybridized carbons (Fsp3) is 0.316. The van der Waals surface area contributed by atoms with Gasteiger partial charge < -0.3 is 10.3 Å². The lowest BCUT2D eigenvalue weighted by molar-refractivity contribution is -0.121. The van der Waals surface area contributed by atoms with Gasteiger partial charge in [0.15, 0.2) is 0 Å². The molecule has 4 rings (SSSR count). The first-order valence-corrected chi connectivity index (χ1v) is 10.0. The molecule has 1 amide bonds. The Labute approximate surface area is 169 Å². The van der Waals surface area contributed by atoms with Crippen molar-refractivity contribution in [2.45, 2.75) is 31.7 Å². The van der Waals surface area contributed by atoms with Crippen molar-refractivity contribution in [1.29, 1.82) is 0 Å². The van der Waals surface area contributed by atoms with E-state index in [-0.39, 0.29) is 23.6 Å². The Morgan fingerprint density at radius 1 is 1.22 bits per heavy atom. The van der Waals surface area contributed by atoms with E-state index in [4.69, 9.17) is 11.6 Å². The Hall–Kier alpha value is -2.12. The first kappa shape index (κ1) is 18.3. The number of hydrogen-bond donors (Lipinski definition) is 2. The van der Waals surface area contributed by atoms with E-state index >= 15 is 0 Å². The molecular formula is C19H18BrClN4O2. The van der Waals surface area contributed by atoms with E-state index in [0.717, 1.165) is 41.2 Å². The molecule has 6 nitrogen and oxygen atoms in total. The van der Waals surface area contributed by atoms with Crippen LogP contribution in [0.25, 0.3) is 11.0 Å². The van der Waals surface area contributed by atoms with E-state index in [0.29, 0.717) is 10.8 Å². The Bertz CT molecular complexity index is 1040. The van der Waals surface area contributed by atoms with Crippen LogP contribution in [0.5, 0.6) is 0 Å². The molecule has 2 heterocycles.